The van der Waals surface area contributed by atoms with Crippen LogP contribution in [0.25, 0.3) is 10.9 Å². The van der Waals surface area contributed by atoms with E-state index in [1.165, 1.54) is 6.07 Å². The second kappa shape index (κ2) is 5.69. The molecule has 0 atom stereocenters. The third-order valence-electron chi connectivity index (χ3n) is 3.30. The number of hydrogen-bond donors (Lipinski definition) is 2. The average Bonchev–Trinajstić information content (AvgIpc) is 2.50. The van der Waals surface area contributed by atoms with Crippen LogP contribution in [0, 0.1) is 5.82 Å². The Morgan fingerprint density at radius 2 is 2.05 bits per heavy atom. The van der Waals surface area contributed by atoms with Crippen LogP contribution in [-0.4, -0.2) is 4.98 Å². The standard InChI is InChI=1S/C16H13BrFN3/c17-11-3-4-13(18)10(8-11)9-21-15-6-5-14-12(16(15)19)2-1-7-20-14/h1-8,21H,9,19H2. The molecule has 0 amide bonds. The number of rotatable bonds is 3. The van der Waals surface area contributed by atoms with E-state index in [-0.39, 0.29) is 5.82 Å². The summed E-state index contributed by atoms with van der Waals surface area (Å²) in [5, 5.41) is 4.06. The molecule has 1 aromatic heterocycles. The van der Waals surface area contributed by atoms with Gasteiger partial charge in [0.15, 0.2) is 0 Å². The first-order chi connectivity index (χ1) is 10.1. The summed E-state index contributed by atoms with van der Waals surface area (Å²) in [6.07, 6.45) is 1.73. The molecule has 0 unspecified atom stereocenters. The predicted octanol–water partition coefficient (Wildman–Crippen LogP) is 4.33. The van der Waals surface area contributed by atoms with Crippen LogP contribution in [0.3, 0.4) is 0 Å². The summed E-state index contributed by atoms with van der Waals surface area (Å²) in [6.45, 7) is 0.362. The largest absolute Gasteiger partial charge is 0.397 e. The van der Waals surface area contributed by atoms with Crippen molar-refractivity contribution in [1.29, 1.82) is 0 Å². The molecule has 0 aliphatic heterocycles. The molecule has 106 valence electrons. The molecule has 0 spiro atoms. The Bertz CT molecular complexity index is 805. The maximum absolute atomic E-state index is 13.7. The first-order valence-electron chi connectivity index (χ1n) is 6.46. The third kappa shape index (κ3) is 2.83. The fraction of sp³-hybridized carbons (Fsp3) is 0.0625. The number of anilines is 2. The quantitative estimate of drug-likeness (QED) is 0.694. The minimum Gasteiger partial charge on any atom is -0.397 e. The molecule has 0 fully saturated rings. The second-order valence-corrected chi connectivity index (χ2v) is 5.60. The lowest BCUT2D eigenvalue weighted by Crippen LogP contribution is -2.04. The maximum atomic E-state index is 13.7. The fourth-order valence-corrected chi connectivity index (χ4v) is 2.61. The van der Waals surface area contributed by atoms with Crippen LogP contribution in [0.2, 0.25) is 0 Å². The predicted molar refractivity (Wildman–Crippen MR) is 87.6 cm³/mol. The van der Waals surface area contributed by atoms with E-state index in [2.05, 4.69) is 26.2 Å². The third-order valence-corrected chi connectivity index (χ3v) is 3.80. The van der Waals surface area contributed by atoms with E-state index in [0.29, 0.717) is 17.8 Å². The van der Waals surface area contributed by atoms with Gasteiger partial charge in [0.05, 0.1) is 16.9 Å². The van der Waals surface area contributed by atoms with Gasteiger partial charge in [0.1, 0.15) is 5.82 Å². The summed E-state index contributed by atoms with van der Waals surface area (Å²) in [5.41, 5.74) is 8.96. The van der Waals surface area contributed by atoms with E-state index in [4.69, 9.17) is 5.73 Å². The Morgan fingerprint density at radius 1 is 1.19 bits per heavy atom. The molecule has 1 heterocycles. The summed E-state index contributed by atoms with van der Waals surface area (Å²) in [5.74, 6) is -0.244. The first-order valence-corrected chi connectivity index (χ1v) is 7.25. The van der Waals surface area contributed by atoms with E-state index < -0.39 is 0 Å². The number of nitrogens with two attached hydrogens (primary N) is 1. The average molecular weight is 346 g/mol. The molecular formula is C16H13BrFN3. The molecule has 3 nitrogen and oxygen atoms in total. The highest BCUT2D eigenvalue weighted by molar-refractivity contribution is 9.10. The lowest BCUT2D eigenvalue weighted by molar-refractivity contribution is 0.612. The molecule has 5 heteroatoms. The Balaban J connectivity index is 1.88. The normalized spacial score (nSPS) is 10.8. The van der Waals surface area contributed by atoms with Crippen molar-refractivity contribution in [2.24, 2.45) is 0 Å². The Kier molecular flexibility index (Phi) is 3.75. The van der Waals surface area contributed by atoms with E-state index in [1.807, 2.05) is 24.3 Å². The van der Waals surface area contributed by atoms with Crippen LogP contribution in [0.5, 0.6) is 0 Å². The maximum Gasteiger partial charge on any atom is 0.128 e. The monoisotopic (exact) mass is 345 g/mol. The van der Waals surface area contributed by atoms with Gasteiger partial charge in [0.2, 0.25) is 0 Å². The van der Waals surface area contributed by atoms with Crippen molar-refractivity contribution in [2.75, 3.05) is 11.1 Å². The van der Waals surface area contributed by atoms with Gasteiger partial charge >= 0.3 is 0 Å². The number of aromatic nitrogens is 1. The first kappa shape index (κ1) is 13.8. The van der Waals surface area contributed by atoms with Gasteiger partial charge in [0, 0.05) is 28.2 Å². The molecule has 21 heavy (non-hydrogen) atoms. The van der Waals surface area contributed by atoms with E-state index in [9.17, 15) is 4.39 Å². The molecule has 0 saturated heterocycles. The van der Waals surface area contributed by atoms with Crippen molar-refractivity contribution in [3.63, 3.8) is 0 Å². The summed E-state index contributed by atoms with van der Waals surface area (Å²) in [4.78, 5) is 4.25. The topological polar surface area (TPSA) is 50.9 Å². The van der Waals surface area contributed by atoms with E-state index in [1.54, 1.807) is 18.3 Å². The number of hydrogen-bond acceptors (Lipinski definition) is 3. The Hall–Kier alpha value is -2.14. The highest BCUT2D eigenvalue weighted by Gasteiger charge is 2.07. The minimum atomic E-state index is -0.244. The van der Waals surface area contributed by atoms with Gasteiger partial charge in [-0.1, -0.05) is 15.9 Å². The molecular weight excluding hydrogens is 333 g/mol. The number of fused-ring (bicyclic) bond motifs is 1. The molecule has 3 N–H and O–H groups in total. The smallest absolute Gasteiger partial charge is 0.128 e. The number of pyridine rings is 1. The van der Waals surface area contributed by atoms with Crippen LogP contribution in [-0.2, 0) is 6.54 Å². The zero-order valence-corrected chi connectivity index (χ0v) is 12.7. The summed E-state index contributed by atoms with van der Waals surface area (Å²) in [6, 6.07) is 12.4. The van der Waals surface area contributed by atoms with Crippen molar-refractivity contribution >= 4 is 38.2 Å². The lowest BCUT2D eigenvalue weighted by Gasteiger charge is -2.12. The van der Waals surface area contributed by atoms with Crippen molar-refractivity contribution in [1.82, 2.24) is 4.98 Å². The van der Waals surface area contributed by atoms with Gasteiger partial charge in [-0.3, -0.25) is 4.98 Å². The highest BCUT2D eigenvalue weighted by atomic mass is 79.9. The number of benzene rings is 2. The van der Waals surface area contributed by atoms with Crippen LogP contribution >= 0.6 is 15.9 Å². The Morgan fingerprint density at radius 3 is 2.90 bits per heavy atom. The van der Waals surface area contributed by atoms with Gasteiger partial charge in [-0.25, -0.2) is 4.39 Å². The Labute approximate surface area is 130 Å². The van der Waals surface area contributed by atoms with Crippen LogP contribution in [0.1, 0.15) is 5.56 Å². The van der Waals surface area contributed by atoms with Gasteiger partial charge in [0.25, 0.3) is 0 Å². The van der Waals surface area contributed by atoms with Crippen LogP contribution < -0.4 is 11.1 Å². The molecule has 0 aliphatic carbocycles. The van der Waals surface area contributed by atoms with Crippen molar-refractivity contribution in [3.05, 3.63) is 64.5 Å². The van der Waals surface area contributed by atoms with Crippen molar-refractivity contribution in [2.45, 2.75) is 6.54 Å². The zero-order valence-electron chi connectivity index (χ0n) is 11.1. The SMILES string of the molecule is Nc1c(NCc2cc(Br)ccc2F)ccc2ncccc12. The second-order valence-electron chi connectivity index (χ2n) is 4.69. The lowest BCUT2D eigenvalue weighted by atomic mass is 10.1. The van der Waals surface area contributed by atoms with Gasteiger partial charge < -0.3 is 11.1 Å². The molecule has 0 radical (unpaired) electrons. The number of halogens is 2. The molecule has 0 saturated carbocycles. The molecule has 3 rings (SSSR count). The summed E-state index contributed by atoms with van der Waals surface area (Å²) < 4.78 is 14.6. The fourth-order valence-electron chi connectivity index (χ4n) is 2.20. The van der Waals surface area contributed by atoms with E-state index >= 15 is 0 Å². The molecule has 2 aromatic carbocycles. The molecule has 0 bridgehead atoms. The summed E-state index contributed by atoms with van der Waals surface area (Å²) in [7, 11) is 0. The highest BCUT2D eigenvalue weighted by Crippen LogP contribution is 2.28. The van der Waals surface area contributed by atoms with Crippen molar-refractivity contribution in [3.8, 4) is 0 Å². The zero-order chi connectivity index (χ0) is 14.8. The number of nitrogen functional groups attached to an aromatic ring is 1. The molecule has 0 aliphatic rings. The van der Waals surface area contributed by atoms with E-state index in [0.717, 1.165) is 21.1 Å². The molecule has 3 aromatic rings. The van der Waals surface area contributed by atoms with Gasteiger partial charge in [-0.2, -0.15) is 0 Å². The van der Waals surface area contributed by atoms with Gasteiger partial charge in [-0.15, -0.1) is 0 Å². The summed E-state index contributed by atoms with van der Waals surface area (Å²) >= 11 is 3.34. The van der Waals surface area contributed by atoms with Crippen LogP contribution in [0.4, 0.5) is 15.8 Å². The van der Waals surface area contributed by atoms with Gasteiger partial charge in [-0.05, 0) is 42.5 Å². The number of nitrogens with one attached hydrogen (secondary N) is 1. The van der Waals surface area contributed by atoms with Crippen molar-refractivity contribution < 1.29 is 4.39 Å². The minimum absolute atomic E-state index is 0.244. The number of nitrogens with zero attached hydrogens (tertiary/aromatic N) is 1. The van der Waals surface area contributed by atoms with Crippen LogP contribution in [0.15, 0.2) is 53.1 Å².